The molecule has 1 aliphatic heterocycles. The summed E-state index contributed by atoms with van der Waals surface area (Å²) in [4.78, 5) is 62.0. The van der Waals surface area contributed by atoms with Gasteiger partial charge in [-0.15, -0.1) is 0 Å². The number of carboxylic acids is 3. The van der Waals surface area contributed by atoms with Crippen molar-refractivity contribution in [3.63, 3.8) is 0 Å². The molecule has 0 aromatic carbocycles. The lowest BCUT2D eigenvalue weighted by atomic mass is 10.3. The second-order valence-electron chi connectivity index (χ2n) is 7.29. The highest BCUT2D eigenvalue weighted by atomic mass is 16.4. The molecule has 0 atom stereocenters. The highest BCUT2D eigenvalue weighted by molar-refractivity contribution is 5.79. The average Bonchev–Trinajstić information content (AvgIpc) is 2.64. The predicted molar refractivity (Wildman–Crippen MR) is 107 cm³/mol. The number of rotatable bonds is 6. The first kappa shape index (κ1) is 26.3. The lowest BCUT2D eigenvalue weighted by molar-refractivity contribution is -0.141. The molecular formula is C18H31N5O8. The standard InChI is InChI=1S/C18H31N5O8/c24-14-9-22(12-17(28)29)7-5-21(11-16(26)27)6-8-23(13-18(30)31)10-15(25)20-4-2-1-3-19-14/h1-13H2,(H,19,24)(H,20,25)(H,26,27)(H,28,29)(H,30,31). The monoisotopic (exact) mass is 445 g/mol. The van der Waals surface area contributed by atoms with E-state index in [9.17, 15) is 24.0 Å². The lowest BCUT2D eigenvalue weighted by Gasteiger charge is -2.27. The minimum absolute atomic E-state index is 0.131. The molecule has 0 aromatic heterocycles. The summed E-state index contributed by atoms with van der Waals surface area (Å²) in [6, 6.07) is 0. The van der Waals surface area contributed by atoms with Gasteiger partial charge in [0.2, 0.25) is 11.8 Å². The van der Waals surface area contributed by atoms with Crippen molar-refractivity contribution < 1.29 is 39.3 Å². The fraction of sp³-hybridized carbons (Fsp3) is 0.722. The minimum atomic E-state index is -1.11. The molecule has 1 fully saturated rings. The number of hydrogen-bond acceptors (Lipinski definition) is 8. The maximum absolute atomic E-state index is 12.1. The second kappa shape index (κ2) is 14.3. The van der Waals surface area contributed by atoms with Crippen LogP contribution in [0.4, 0.5) is 0 Å². The first-order chi connectivity index (χ1) is 14.7. The summed E-state index contributed by atoms with van der Waals surface area (Å²) in [6.45, 7) is -0.0866. The van der Waals surface area contributed by atoms with E-state index in [2.05, 4.69) is 10.6 Å². The molecule has 0 unspecified atom stereocenters. The second-order valence-corrected chi connectivity index (χ2v) is 7.29. The van der Waals surface area contributed by atoms with Crippen LogP contribution in [0, 0.1) is 0 Å². The van der Waals surface area contributed by atoms with E-state index >= 15 is 0 Å². The normalized spacial score (nSPS) is 19.7. The van der Waals surface area contributed by atoms with Gasteiger partial charge >= 0.3 is 17.9 Å². The van der Waals surface area contributed by atoms with Crippen LogP contribution in [0.1, 0.15) is 12.8 Å². The molecule has 2 amide bonds. The van der Waals surface area contributed by atoms with Crippen LogP contribution < -0.4 is 10.6 Å². The number of hydrogen-bond donors (Lipinski definition) is 5. The summed E-state index contributed by atoms with van der Waals surface area (Å²) in [6.07, 6.45) is 1.21. The zero-order valence-electron chi connectivity index (χ0n) is 17.4. The van der Waals surface area contributed by atoms with E-state index in [1.807, 2.05) is 0 Å². The Morgan fingerprint density at radius 3 is 1.32 bits per heavy atom. The molecule has 5 N–H and O–H groups in total. The van der Waals surface area contributed by atoms with Gasteiger partial charge in [0.25, 0.3) is 0 Å². The Labute approximate surface area is 180 Å². The van der Waals surface area contributed by atoms with Crippen molar-refractivity contribution in [2.24, 2.45) is 0 Å². The molecule has 0 bridgehead atoms. The summed E-state index contributed by atoms with van der Waals surface area (Å²) in [5, 5.41) is 32.7. The van der Waals surface area contributed by atoms with E-state index in [0.717, 1.165) is 0 Å². The molecule has 0 saturated carbocycles. The fourth-order valence-electron chi connectivity index (χ4n) is 3.06. The van der Waals surface area contributed by atoms with Crippen LogP contribution in [0.25, 0.3) is 0 Å². The quantitative estimate of drug-likeness (QED) is 0.284. The molecule has 1 aliphatic rings. The van der Waals surface area contributed by atoms with Crippen molar-refractivity contribution in [3.8, 4) is 0 Å². The van der Waals surface area contributed by atoms with Gasteiger partial charge in [0.1, 0.15) is 0 Å². The molecule has 31 heavy (non-hydrogen) atoms. The van der Waals surface area contributed by atoms with E-state index in [4.69, 9.17) is 15.3 Å². The molecule has 13 nitrogen and oxygen atoms in total. The van der Waals surface area contributed by atoms with Gasteiger partial charge in [0.15, 0.2) is 0 Å². The molecule has 0 radical (unpaired) electrons. The Kier molecular flexibility index (Phi) is 12.1. The summed E-state index contributed by atoms with van der Waals surface area (Å²) in [5.41, 5.74) is 0. The number of amides is 2. The number of nitrogens with zero attached hydrogens (tertiary/aromatic N) is 3. The summed E-state index contributed by atoms with van der Waals surface area (Å²) < 4.78 is 0. The SMILES string of the molecule is O=C(O)CN1CCN(CC(=O)O)CC(=O)NCCCCNC(=O)CN(CC(=O)O)CC1. The fourth-order valence-corrected chi connectivity index (χ4v) is 3.06. The van der Waals surface area contributed by atoms with Crippen molar-refractivity contribution in [1.29, 1.82) is 0 Å². The molecule has 0 aliphatic carbocycles. The average molecular weight is 445 g/mol. The number of carbonyl (C=O) groups is 5. The van der Waals surface area contributed by atoms with Gasteiger partial charge < -0.3 is 26.0 Å². The molecule has 0 aromatic rings. The summed E-state index contributed by atoms with van der Waals surface area (Å²) >= 11 is 0. The van der Waals surface area contributed by atoms with Crippen molar-refractivity contribution in [3.05, 3.63) is 0 Å². The Hall–Kier alpha value is -2.77. The zero-order valence-corrected chi connectivity index (χ0v) is 17.4. The Morgan fingerprint density at radius 1 is 0.645 bits per heavy atom. The number of nitrogens with one attached hydrogen (secondary N) is 2. The van der Waals surface area contributed by atoms with Gasteiger partial charge in [-0.25, -0.2) is 0 Å². The summed E-state index contributed by atoms with van der Waals surface area (Å²) in [7, 11) is 0. The van der Waals surface area contributed by atoms with Gasteiger partial charge in [-0.2, -0.15) is 0 Å². The molecule has 1 rings (SSSR count). The maximum atomic E-state index is 12.1. The molecule has 13 heteroatoms. The third-order valence-electron chi connectivity index (χ3n) is 4.52. The van der Waals surface area contributed by atoms with Gasteiger partial charge in [0, 0.05) is 39.3 Å². The van der Waals surface area contributed by atoms with Gasteiger partial charge in [-0.05, 0) is 12.8 Å². The van der Waals surface area contributed by atoms with Crippen molar-refractivity contribution in [2.45, 2.75) is 12.8 Å². The van der Waals surface area contributed by atoms with Crippen molar-refractivity contribution in [1.82, 2.24) is 25.3 Å². The van der Waals surface area contributed by atoms with Crippen molar-refractivity contribution in [2.75, 3.05) is 72.0 Å². The van der Waals surface area contributed by atoms with Crippen LogP contribution in [0.5, 0.6) is 0 Å². The molecular weight excluding hydrogens is 414 g/mol. The Balaban J connectivity index is 2.91. The minimum Gasteiger partial charge on any atom is -0.480 e. The van der Waals surface area contributed by atoms with Gasteiger partial charge in [-0.1, -0.05) is 0 Å². The highest BCUT2D eigenvalue weighted by Crippen LogP contribution is 1.98. The van der Waals surface area contributed by atoms with E-state index in [-0.39, 0.29) is 70.7 Å². The Bertz CT molecular complexity index is 598. The summed E-state index contributed by atoms with van der Waals surface area (Å²) in [5.74, 6) is -4.00. The van der Waals surface area contributed by atoms with E-state index in [1.165, 1.54) is 14.7 Å². The number of carboxylic acid groups (broad SMARTS) is 3. The van der Waals surface area contributed by atoms with Gasteiger partial charge in [0.05, 0.1) is 32.7 Å². The Morgan fingerprint density at radius 2 is 0.968 bits per heavy atom. The van der Waals surface area contributed by atoms with Crippen molar-refractivity contribution >= 4 is 29.7 Å². The van der Waals surface area contributed by atoms with Crippen LogP contribution in [0.15, 0.2) is 0 Å². The topological polar surface area (TPSA) is 180 Å². The molecule has 176 valence electrons. The predicted octanol–water partition coefficient (Wildman–Crippen LogP) is -2.83. The van der Waals surface area contributed by atoms with E-state index < -0.39 is 17.9 Å². The first-order valence-corrected chi connectivity index (χ1v) is 10.0. The number of aliphatic carboxylic acids is 3. The smallest absolute Gasteiger partial charge is 0.317 e. The van der Waals surface area contributed by atoms with E-state index in [0.29, 0.717) is 25.9 Å². The number of carbonyl (C=O) groups excluding carboxylic acids is 2. The van der Waals surface area contributed by atoms with Crippen LogP contribution in [0.2, 0.25) is 0 Å². The van der Waals surface area contributed by atoms with Crippen LogP contribution >= 0.6 is 0 Å². The molecule has 0 spiro atoms. The molecule has 1 heterocycles. The third kappa shape index (κ3) is 13.2. The first-order valence-electron chi connectivity index (χ1n) is 10.0. The van der Waals surface area contributed by atoms with E-state index in [1.54, 1.807) is 0 Å². The van der Waals surface area contributed by atoms with Gasteiger partial charge in [-0.3, -0.25) is 38.7 Å². The lowest BCUT2D eigenvalue weighted by Crippen LogP contribution is -2.47. The largest absolute Gasteiger partial charge is 0.480 e. The highest BCUT2D eigenvalue weighted by Gasteiger charge is 2.19. The van der Waals surface area contributed by atoms with Crippen LogP contribution in [-0.4, -0.2) is 132 Å². The molecule has 1 saturated heterocycles. The van der Waals surface area contributed by atoms with Crippen LogP contribution in [0.3, 0.4) is 0 Å². The van der Waals surface area contributed by atoms with Crippen LogP contribution in [-0.2, 0) is 24.0 Å². The zero-order chi connectivity index (χ0) is 23.2. The maximum Gasteiger partial charge on any atom is 0.317 e. The third-order valence-corrected chi connectivity index (χ3v) is 4.52.